The molecule has 0 saturated heterocycles. The van der Waals surface area contributed by atoms with E-state index < -0.39 is 0 Å². The lowest BCUT2D eigenvalue weighted by molar-refractivity contribution is 0.911. The molecule has 0 aliphatic heterocycles. The minimum atomic E-state index is 0.585. The molecule has 0 spiro atoms. The quantitative estimate of drug-likeness (QED) is 0.663. The number of para-hydroxylation sites is 1. The first kappa shape index (κ1) is 14.3. The fraction of sp³-hybridized carbons (Fsp3) is 0.0667. The number of rotatable bonds is 4. The number of halogens is 2. The van der Waals surface area contributed by atoms with Gasteiger partial charge >= 0.3 is 0 Å². The van der Waals surface area contributed by atoms with Gasteiger partial charge in [0.1, 0.15) is 11.4 Å². The number of aromatic nitrogens is 3. The predicted molar refractivity (Wildman–Crippen MR) is 91.0 cm³/mol. The van der Waals surface area contributed by atoms with Crippen LogP contribution in [0, 0.1) is 0 Å². The molecule has 0 radical (unpaired) electrons. The minimum absolute atomic E-state index is 0.585. The molecule has 0 saturated carbocycles. The molecular formula is C15H12Br2N4. The Hall–Kier alpha value is -1.66. The molecule has 6 heteroatoms. The minimum Gasteiger partial charge on any atom is -0.377 e. The van der Waals surface area contributed by atoms with Crippen LogP contribution in [0.2, 0.25) is 0 Å². The second-order valence-corrected chi connectivity index (χ2v) is 6.14. The molecule has 0 unspecified atom stereocenters. The first-order valence-electron chi connectivity index (χ1n) is 6.38. The Kier molecular flexibility index (Phi) is 4.36. The largest absolute Gasteiger partial charge is 0.377 e. The van der Waals surface area contributed by atoms with Crippen molar-refractivity contribution in [2.45, 2.75) is 6.54 Å². The predicted octanol–water partition coefficient (Wildman–Crippen LogP) is 4.61. The SMILES string of the molecule is Brc1cccc(Br)c1NCc1n[nH]nc1-c1ccccc1. The van der Waals surface area contributed by atoms with Crippen molar-refractivity contribution in [3.8, 4) is 11.3 Å². The molecule has 2 aromatic carbocycles. The summed E-state index contributed by atoms with van der Waals surface area (Å²) in [4.78, 5) is 0. The summed E-state index contributed by atoms with van der Waals surface area (Å²) in [5.74, 6) is 0. The van der Waals surface area contributed by atoms with Crippen LogP contribution < -0.4 is 5.32 Å². The van der Waals surface area contributed by atoms with Crippen LogP contribution in [0.1, 0.15) is 5.69 Å². The summed E-state index contributed by atoms with van der Waals surface area (Å²) >= 11 is 7.08. The summed E-state index contributed by atoms with van der Waals surface area (Å²) in [6.07, 6.45) is 0. The topological polar surface area (TPSA) is 53.6 Å². The van der Waals surface area contributed by atoms with E-state index in [2.05, 4.69) is 52.6 Å². The first-order valence-corrected chi connectivity index (χ1v) is 7.97. The number of hydrogen-bond donors (Lipinski definition) is 2. The van der Waals surface area contributed by atoms with Crippen molar-refractivity contribution < 1.29 is 0 Å². The van der Waals surface area contributed by atoms with Gasteiger partial charge in [-0.3, -0.25) is 0 Å². The van der Waals surface area contributed by atoms with E-state index >= 15 is 0 Å². The zero-order valence-electron chi connectivity index (χ0n) is 11.0. The van der Waals surface area contributed by atoms with Gasteiger partial charge in [-0.25, -0.2) is 0 Å². The first-order chi connectivity index (χ1) is 10.3. The maximum atomic E-state index is 4.24. The fourth-order valence-corrected chi connectivity index (χ4v) is 3.32. The van der Waals surface area contributed by atoms with Crippen LogP contribution in [0.25, 0.3) is 11.3 Å². The summed E-state index contributed by atoms with van der Waals surface area (Å²) in [5, 5.41) is 14.6. The number of hydrogen-bond acceptors (Lipinski definition) is 3. The number of nitrogens with one attached hydrogen (secondary N) is 2. The third-order valence-electron chi connectivity index (χ3n) is 3.06. The summed E-state index contributed by atoms with van der Waals surface area (Å²) < 4.78 is 2.00. The monoisotopic (exact) mass is 406 g/mol. The maximum Gasteiger partial charge on any atom is 0.117 e. The van der Waals surface area contributed by atoms with E-state index in [4.69, 9.17) is 0 Å². The van der Waals surface area contributed by atoms with Gasteiger partial charge in [0.05, 0.1) is 12.2 Å². The second kappa shape index (κ2) is 6.41. The highest BCUT2D eigenvalue weighted by Crippen LogP contribution is 2.31. The molecule has 4 nitrogen and oxygen atoms in total. The van der Waals surface area contributed by atoms with Crippen LogP contribution >= 0.6 is 31.9 Å². The molecule has 0 fully saturated rings. The Labute approximate surface area is 139 Å². The molecule has 3 aromatic rings. The molecule has 3 rings (SSSR count). The molecule has 0 aliphatic carbocycles. The average Bonchev–Trinajstić information content (AvgIpc) is 2.96. The highest BCUT2D eigenvalue weighted by Gasteiger charge is 2.11. The number of aromatic amines is 1. The van der Waals surface area contributed by atoms with Gasteiger partial charge in [-0.1, -0.05) is 36.4 Å². The van der Waals surface area contributed by atoms with E-state index in [1.165, 1.54) is 0 Å². The van der Waals surface area contributed by atoms with Gasteiger partial charge in [0.25, 0.3) is 0 Å². The van der Waals surface area contributed by atoms with Crippen molar-refractivity contribution in [1.29, 1.82) is 0 Å². The van der Waals surface area contributed by atoms with Crippen LogP contribution in [0.5, 0.6) is 0 Å². The summed E-state index contributed by atoms with van der Waals surface area (Å²) in [7, 11) is 0. The summed E-state index contributed by atoms with van der Waals surface area (Å²) in [6.45, 7) is 0.585. The van der Waals surface area contributed by atoms with Gasteiger partial charge in [0, 0.05) is 14.5 Å². The van der Waals surface area contributed by atoms with Crippen LogP contribution in [-0.2, 0) is 6.54 Å². The Morgan fingerprint density at radius 3 is 2.33 bits per heavy atom. The van der Waals surface area contributed by atoms with Crippen LogP contribution in [-0.4, -0.2) is 15.4 Å². The van der Waals surface area contributed by atoms with E-state index in [0.29, 0.717) is 6.54 Å². The lowest BCUT2D eigenvalue weighted by Gasteiger charge is -2.10. The van der Waals surface area contributed by atoms with E-state index in [1.807, 2.05) is 48.5 Å². The molecule has 0 amide bonds. The van der Waals surface area contributed by atoms with E-state index in [0.717, 1.165) is 31.6 Å². The molecule has 1 heterocycles. The average molecular weight is 408 g/mol. The molecule has 106 valence electrons. The second-order valence-electron chi connectivity index (χ2n) is 4.44. The Morgan fingerprint density at radius 2 is 1.62 bits per heavy atom. The van der Waals surface area contributed by atoms with E-state index in [-0.39, 0.29) is 0 Å². The van der Waals surface area contributed by atoms with Crippen LogP contribution in [0.3, 0.4) is 0 Å². The highest BCUT2D eigenvalue weighted by molar-refractivity contribution is 9.11. The number of anilines is 1. The van der Waals surface area contributed by atoms with Crippen LogP contribution in [0.4, 0.5) is 5.69 Å². The lowest BCUT2D eigenvalue weighted by atomic mass is 10.1. The highest BCUT2D eigenvalue weighted by atomic mass is 79.9. The zero-order chi connectivity index (χ0) is 14.7. The zero-order valence-corrected chi connectivity index (χ0v) is 14.1. The van der Waals surface area contributed by atoms with Crippen molar-refractivity contribution in [1.82, 2.24) is 15.4 Å². The summed E-state index contributed by atoms with van der Waals surface area (Å²) in [5.41, 5.74) is 3.80. The van der Waals surface area contributed by atoms with E-state index in [1.54, 1.807) is 0 Å². The Balaban J connectivity index is 1.83. The normalized spacial score (nSPS) is 10.6. The molecular weight excluding hydrogens is 396 g/mol. The van der Waals surface area contributed by atoms with E-state index in [9.17, 15) is 0 Å². The van der Waals surface area contributed by atoms with Gasteiger partial charge in [0.15, 0.2) is 0 Å². The fourth-order valence-electron chi connectivity index (χ4n) is 2.04. The molecule has 0 bridgehead atoms. The molecule has 0 aliphatic rings. The van der Waals surface area contributed by atoms with Crippen molar-refractivity contribution >= 4 is 37.5 Å². The smallest absolute Gasteiger partial charge is 0.117 e. The van der Waals surface area contributed by atoms with Gasteiger partial charge < -0.3 is 5.32 Å². The third-order valence-corrected chi connectivity index (χ3v) is 4.38. The maximum absolute atomic E-state index is 4.24. The van der Waals surface area contributed by atoms with Gasteiger partial charge in [0.2, 0.25) is 0 Å². The van der Waals surface area contributed by atoms with Gasteiger partial charge in [-0.15, -0.1) is 0 Å². The Morgan fingerprint density at radius 1 is 0.905 bits per heavy atom. The third kappa shape index (κ3) is 3.16. The van der Waals surface area contributed by atoms with Crippen LogP contribution in [0.15, 0.2) is 57.5 Å². The van der Waals surface area contributed by atoms with Crippen molar-refractivity contribution in [2.24, 2.45) is 0 Å². The summed E-state index contributed by atoms with van der Waals surface area (Å²) in [6, 6.07) is 16.0. The van der Waals surface area contributed by atoms with Crippen molar-refractivity contribution in [2.75, 3.05) is 5.32 Å². The Bertz CT molecular complexity index is 720. The van der Waals surface area contributed by atoms with Gasteiger partial charge in [-0.05, 0) is 44.0 Å². The molecule has 0 atom stereocenters. The molecule has 1 aromatic heterocycles. The van der Waals surface area contributed by atoms with Crippen molar-refractivity contribution in [3.05, 3.63) is 63.2 Å². The number of nitrogens with zero attached hydrogens (tertiary/aromatic N) is 2. The number of H-pyrrole nitrogens is 1. The van der Waals surface area contributed by atoms with Gasteiger partial charge in [-0.2, -0.15) is 15.4 Å². The standard InChI is InChI=1S/C15H12Br2N4/c16-11-7-4-8-12(17)15(11)18-9-13-14(20-21-19-13)10-5-2-1-3-6-10/h1-8,18H,9H2,(H,19,20,21). The lowest BCUT2D eigenvalue weighted by Crippen LogP contribution is -2.02. The molecule has 21 heavy (non-hydrogen) atoms. The molecule has 2 N–H and O–H groups in total. The van der Waals surface area contributed by atoms with Crippen molar-refractivity contribution in [3.63, 3.8) is 0 Å². The number of benzene rings is 2.